The second kappa shape index (κ2) is 7.94. The van der Waals surface area contributed by atoms with E-state index in [1.165, 1.54) is 0 Å². The Kier molecular flexibility index (Phi) is 5.94. The van der Waals surface area contributed by atoms with Gasteiger partial charge in [0.05, 0.1) is 19.8 Å². The van der Waals surface area contributed by atoms with Crippen molar-refractivity contribution in [3.05, 3.63) is 0 Å². The molecule has 1 N–H and O–H groups in total. The molecule has 0 aromatic carbocycles. The van der Waals surface area contributed by atoms with E-state index in [-0.39, 0.29) is 6.10 Å². The summed E-state index contributed by atoms with van der Waals surface area (Å²) in [6.45, 7) is 8.01. The number of aromatic nitrogens is 3. The van der Waals surface area contributed by atoms with Crippen molar-refractivity contribution in [2.24, 2.45) is 0 Å². The topological polar surface area (TPSA) is 81.6 Å². The van der Waals surface area contributed by atoms with Gasteiger partial charge in [-0.15, -0.1) is 0 Å². The van der Waals surface area contributed by atoms with E-state index in [2.05, 4.69) is 25.2 Å². The Morgan fingerprint density at radius 3 is 2.71 bits per heavy atom. The van der Waals surface area contributed by atoms with Crippen LogP contribution in [0.15, 0.2) is 0 Å². The van der Waals surface area contributed by atoms with Crippen LogP contribution in [0.5, 0.6) is 6.01 Å². The van der Waals surface area contributed by atoms with E-state index in [9.17, 15) is 0 Å². The average Bonchev–Trinajstić information content (AvgIpc) is 2.48. The SMILES string of the molecule is CCNc1nc(OC(C)COC)nc(N2CCOCC2)n1. The maximum Gasteiger partial charge on any atom is 0.323 e. The standard InChI is InChI=1S/C13H23N5O3/c1-4-14-11-15-12(18-5-7-20-8-6-18)17-13(16-11)21-10(2)9-19-3/h10H,4-9H2,1-3H3,(H,14,15,16,17). The van der Waals surface area contributed by atoms with Crippen LogP contribution >= 0.6 is 0 Å². The second-order valence-electron chi connectivity index (χ2n) is 4.76. The zero-order valence-electron chi connectivity index (χ0n) is 12.8. The number of ether oxygens (including phenoxy) is 3. The molecule has 1 aliphatic heterocycles. The Balaban J connectivity index is 2.16. The third kappa shape index (κ3) is 4.68. The molecule has 1 saturated heterocycles. The predicted octanol–water partition coefficient (Wildman–Crippen LogP) is 0.554. The molecule has 0 saturated carbocycles. The molecule has 1 aliphatic rings. The number of anilines is 2. The molecule has 8 heteroatoms. The van der Waals surface area contributed by atoms with Crippen LogP contribution in [0.4, 0.5) is 11.9 Å². The zero-order valence-corrected chi connectivity index (χ0v) is 12.8. The molecule has 0 bridgehead atoms. The molecule has 0 spiro atoms. The van der Waals surface area contributed by atoms with E-state index in [0.29, 0.717) is 37.7 Å². The first-order chi connectivity index (χ1) is 10.2. The van der Waals surface area contributed by atoms with Gasteiger partial charge < -0.3 is 24.4 Å². The van der Waals surface area contributed by atoms with Crippen molar-refractivity contribution in [3.63, 3.8) is 0 Å². The van der Waals surface area contributed by atoms with Crippen molar-refractivity contribution in [2.45, 2.75) is 20.0 Å². The fraction of sp³-hybridized carbons (Fsp3) is 0.769. The molecule has 1 fully saturated rings. The monoisotopic (exact) mass is 297 g/mol. The number of hydrogen-bond acceptors (Lipinski definition) is 8. The number of methoxy groups -OCH3 is 1. The molecule has 8 nitrogen and oxygen atoms in total. The molecule has 0 amide bonds. The van der Waals surface area contributed by atoms with Gasteiger partial charge in [0, 0.05) is 26.7 Å². The normalized spacial score (nSPS) is 16.6. The van der Waals surface area contributed by atoms with Gasteiger partial charge in [-0.25, -0.2) is 0 Å². The molecule has 1 aromatic heterocycles. The van der Waals surface area contributed by atoms with E-state index in [0.717, 1.165) is 19.6 Å². The molecule has 1 unspecified atom stereocenters. The minimum Gasteiger partial charge on any atom is -0.458 e. The summed E-state index contributed by atoms with van der Waals surface area (Å²) in [6, 6.07) is 0.312. The summed E-state index contributed by atoms with van der Waals surface area (Å²) in [5.41, 5.74) is 0. The molecule has 2 rings (SSSR count). The smallest absolute Gasteiger partial charge is 0.323 e. The summed E-state index contributed by atoms with van der Waals surface area (Å²) < 4.78 is 16.1. The highest BCUT2D eigenvalue weighted by Crippen LogP contribution is 2.17. The Hall–Kier alpha value is -1.67. The maximum absolute atomic E-state index is 5.69. The summed E-state index contributed by atoms with van der Waals surface area (Å²) in [6.07, 6.45) is -0.121. The average molecular weight is 297 g/mol. The van der Waals surface area contributed by atoms with Gasteiger partial charge in [-0.1, -0.05) is 0 Å². The molecule has 1 aromatic rings. The number of nitrogens with zero attached hydrogens (tertiary/aromatic N) is 4. The highest BCUT2D eigenvalue weighted by molar-refractivity contribution is 5.38. The predicted molar refractivity (Wildman–Crippen MR) is 79.0 cm³/mol. The lowest BCUT2D eigenvalue weighted by Crippen LogP contribution is -2.37. The van der Waals surface area contributed by atoms with E-state index >= 15 is 0 Å². The van der Waals surface area contributed by atoms with Crippen LogP contribution in [0.25, 0.3) is 0 Å². The van der Waals surface area contributed by atoms with E-state index in [1.807, 2.05) is 13.8 Å². The number of rotatable bonds is 7. The summed E-state index contributed by atoms with van der Waals surface area (Å²) >= 11 is 0. The molecule has 0 aliphatic carbocycles. The minimum absolute atomic E-state index is 0.121. The second-order valence-corrected chi connectivity index (χ2v) is 4.76. The first kappa shape index (κ1) is 15.7. The van der Waals surface area contributed by atoms with Gasteiger partial charge in [0.15, 0.2) is 0 Å². The van der Waals surface area contributed by atoms with Crippen molar-refractivity contribution >= 4 is 11.9 Å². The van der Waals surface area contributed by atoms with E-state index < -0.39 is 0 Å². The van der Waals surface area contributed by atoms with Gasteiger partial charge in [0.2, 0.25) is 11.9 Å². The zero-order chi connectivity index (χ0) is 15.1. The van der Waals surface area contributed by atoms with Crippen molar-refractivity contribution in [3.8, 4) is 6.01 Å². The Bertz CT molecular complexity index is 440. The van der Waals surface area contributed by atoms with Crippen LogP contribution in [0.2, 0.25) is 0 Å². The Morgan fingerprint density at radius 1 is 1.29 bits per heavy atom. The van der Waals surface area contributed by atoms with Crippen molar-refractivity contribution in [1.82, 2.24) is 15.0 Å². The summed E-state index contributed by atoms with van der Waals surface area (Å²) in [5, 5.41) is 3.10. The largest absolute Gasteiger partial charge is 0.458 e. The lowest BCUT2D eigenvalue weighted by Gasteiger charge is -2.27. The van der Waals surface area contributed by atoms with Gasteiger partial charge >= 0.3 is 6.01 Å². The molecular formula is C13H23N5O3. The van der Waals surface area contributed by atoms with Crippen LogP contribution in [0.1, 0.15) is 13.8 Å². The quantitative estimate of drug-likeness (QED) is 0.781. The van der Waals surface area contributed by atoms with Gasteiger partial charge in [0.1, 0.15) is 6.10 Å². The van der Waals surface area contributed by atoms with Crippen LogP contribution in [-0.2, 0) is 9.47 Å². The van der Waals surface area contributed by atoms with Crippen LogP contribution in [0, 0.1) is 0 Å². The maximum atomic E-state index is 5.69. The highest BCUT2D eigenvalue weighted by atomic mass is 16.5. The molecule has 1 atom stereocenters. The number of hydrogen-bond donors (Lipinski definition) is 1. The summed E-state index contributed by atoms with van der Waals surface area (Å²) in [4.78, 5) is 15.2. The fourth-order valence-corrected chi connectivity index (χ4v) is 1.99. The van der Waals surface area contributed by atoms with Crippen LogP contribution in [0.3, 0.4) is 0 Å². The van der Waals surface area contributed by atoms with Gasteiger partial charge in [-0.05, 0) is 13.8 Å². The van der Waals surface area contributed by atoms with E-state index in [1.54, 1.807) is 7.11 Å². The van der Waals surface area contributed by atoms with Crippen LogP contribution in [-0.4, -0.2) is 67.6 Å². The number of morpholine rings is 1. The van der Waals surface area contributed by atoms with Crippen molar-refractivity contribution < 1.29 is 14.2 Å². The first-order valence-electron chi connectivity index (χ1n) is 7.21. The molecule has 21 heavy (non-hydrogen) atoms. The van der Waals surface area contributed by atoms with E-state index in [4.69, 9.17) is 14.2 Å². The molecule has 0 radical (unpaired) electrons. The Labute approximate surface area is 124 Å². The number of nitrogens with one attached hydrogen (secondary N) is 1. The van der Waals surface area contributed by atoms with Crippen LogP contribution < -0.4 is 15.0 Å². The third-order valence-electron chi connectivity index (χ3n) is 2.94. The Morgan fingerprint density at radius 2 is 2.05 bits per heavy atom. The minimum atomic E-state index is -0.121. The third-order valence-corrected chi connectivity index (χ3v) is 2.94. The van der Waals surface area contributed by atoms with Crippen molar-refractivity contribution in [1.29, 1.82) is 0 Å². The van der Waals surface area contributed by atoms with Gasteiger partial charge in [-0.2, -0.15) is 15.0 Å². The summed E-state index contributed by atoms with van der Waals surface area (Å²) in [7, 11) is 1.64. The molecule has 2 heterocycles. The van der Waals surface area contributed by atoms with Gasteiger partial charge in [-0.3, -0.25) is 0 Å². The lowest BCUT2D eigenvalue weighted by molar-refractivity contribution is 0.0853. The van der Waals surface area contributed by atoms with Crippen molar-refractivity contribution in [2.75, 3.05) is 56.8 Å². The highest BCUT2D eigenvalue weighted by Gasteiger charge is 2.17. The fourth-order valence-electron chi connectivity index (χ4n) is 1.99. The molecular weight excluding hydrogens is 274 g/mol. The van der Waals surface area contributed by atoms with Gasteiger partial charge in [0.25, 0.3) is 0 Å². The molecule has 118 valence electrons. The first-order valence-corrected chi connectivity index (χ1v) is 7.21. The summed E-state index contributed by atoms with van der Waals surface area (Å²) in [5.74, 6) is 1.14. The lowest BCUT2D eigenvalue weighted by atomic mass is 10.4.